The van der Waals surface area contributed by atoms with Gasteiger partial charge in [0.25, 0.3) is 0 Å². The van der Waals surface area contributed by atoms with Crippen molar-refractivity contribution in [2.75, 3.05) is 13.2 Å². The van der Waals surface area contributed by atoms with Gasteiger partial charge in [-0.15, -0.1) is 0 Å². The Morgan fingerprint density at radius 2 is 1.43 bits per heavy atom. The SMILES string of the molecule is CCOc1cc(C2(OCC)CC2)oc2c(-c3ccccc3)cc(-c3ccccc3)c1-2. The van der Waals surface area contributed by atoms with E-state index in [1.54, 1.807) is 0 Å². The average Bonchev–Trinajstić information content (AvgIpc) is 3.47. The highest BCUT2D eigenvalue weighted by Crippen LogP contribution is 2.55. The maximum absolute atomic E-state index is 6.61. The van der Waals surface area contributed by atoms with Crippen molar-refractivity contribution in [3.8, 4) is 39.3 Å². The maximum atomic E-state index is 6.61. The molecule has 30 heavy (non-hydrogen) atoms. The number of ether oxygens (including phenoxy) is 2. The first-order valence-corrected chi connectivity index (χ1v) is 10.7. The van der Waals surface area contributed by atoms with Crippen LogP contribution in [0.1, 0.15) is 32.4 Å². The van der Waals surface area contributed by atoms with E-state index in [2.05, 4.69) is 60.7 Å². The van der Waals surface area contributed by atoms with Crippen LogP contribution in [0.3, 0.4) is 0 Å². The predicted octanol–water partition coefficient (Wildman–Crippen LogP) is 7.14. The summed E-state index contributed by atoms with van der Waals surface area (Å²) in [6.45, 7) is 5.32. The fourth-order valence-electron chi connectivity index (χ4n) is 4.24. The quantitative estimate of drug-likeness (QED) is 0.331. The first kappa shape index (κ1) is 19.0. The number of benzene rings is 2. The van der Waals surface area contributed by atoms with Crippen molar-refractivity contribution in [2.45, 2.75) is 32.3 Å². The van der Waals surface area contributed by atoms with Crippen LogP contribution in [-0.4, -0.2) is 13.2 Å². The fraction of sp³-hybridized carbons (Fsp3) is 0.259. The summed E-state index contributed by atoms with van der Waals surface area (Å²) in [5.74, 6) is 2.59. The van der Waals surface area contributed by atoms with Gasteiger partial charge < -0.3 is 13.9 Å². The van der Waals surface area contributed by atoms with E-state index in [-0.39, 0.29) is 5.60 Å². The van der Waals surface area contributed by atoms with Gasteiger partial charge in [0.1, 0.15) is 22.9 Å². The molecule has 2 aromatic carbocycles. The van der Waals surface area contributed by atoms with Crippen LogP contribution in [0.25, 0.3) is 33.6 Å². The molecule has 5 rings (SSSR count). The van der Waals surface area contributed by atoms with Gasteiger partial charge in [-0.2, -0.15) is 0 Å². The highest BCUT2D eigenvalue weighted by Gasteiger charge is 2.49. The minimum Gasteiger partial charge on any atom is -0.493 e. The Balaban J connectivity index is 1.79. The summed E-state index contributed by atoms with van der Waals surface area (Å²) >= 11 is 0. The number of hydrogen-bond donors (Lipinski definition) is 0. The first-order valence-electron chi connectivity index (χ1n) is 10.7. The zero-order chi connectivity index (χ0) is 20.6. The molecular formula is C27H26O3. The van der Waals surface area contributed by atoms with Crippen molar-refractivity contribution in [1.29, 1.82) is 0 Å². The molecule has 152 valence electrons. The lowest BCUT2D eigenvalue weighted by molar-refractivity contribution is 0.0225. The monoisotopic (exact) mass is 398 g/mol. The summed E-state index contributed by atoms with van der Waals surface area (Å²) in [4.78, 5) is 0. The predicted molar refractivity (Wildman–Crippen MR) is 120 cm³/mol. The molecule has 0 unspecified atom stereocenters. The third kappa shape index (κ3) is 3.20. The lowest BCUT2D eigenvalue weighted by Gasteiger charge is -2.19. The summed E-state index contributed by atoms with van der Waals surface area (Å²) in [6.07, 6.45) is 1.96. The van der Waals surface area contributed by atoms with Crippen molar-refractivity contribution in [3.63, 3.8) is 0 Å². The largest absolute Gasteiger partial charge is 0.493 e. The molecular weight excluding hydrogens is 372 g/mol. The molecule has 0 amide bonds. The molecule has 0 aromatic heterocycles. The molecule has 0 atom stereocenters. The van der Waals surface area contributed by atoms with Crippen LogP contribution in [0.4, 0.5) is 0 Å². The van der Waals surface area contributed by atoms with Crippen LogP contribution in [0.2, 0.25) is 0 Å². The molecule has 1 saturated carbocycles. The zero-order valence-electron chi connectivity index (χ0n) is 17.5. The van der Waals surface area contributed by atoms with Gasteiger partial charge >= 0.3 is 0 Å². The van der Waals surface area contributed by atoms with E-state index in [0.717, 1.165) is 57.9 Å². The van der Waals surface area contributed by atoms with Crippen molar-refractivity contribution in [3.05, 3.63) is 78.6 Å². The van der Waals surface area contributed by atoms with E-state index in [0.29, 0.717) is 13.2 Å². The van der Waals surface area contributed by atoms with Gasteiger partial charge in [-0.25, -0.2) is 0 Å². The second-order valence-electron chi connectivity index (χ2n) is 7.74. The Labute approximate surface area is 177 Å². The Morgan fingerprint density at radius 1 is 0.800 bits per heavy atom. The van der Waals surface area contributed by atoms with Gasteiger partial charge in [-0.05, 0) is 49.4 Å². The standard InChI is InChI=1S/C27H26O3/c1-3-28-23-18-24(27(15-16-27)29-4-2)30-26-22(20-13-9-6-10-14-20)17-21(25(23)26)19-11-7-5-8-12-19/h5-14,17-18H,3-4,15-16H2,1-2H3. The zero-order valence-corrected chi connectivity index (χ0v) is 17.5. The average molecular weight is 399 g/mol. The second-order valence-corrected chi connectivity index (χ2v) is 7.74. The first-order chi connectivity index (χ1) is 14.8. The van der Waals surface area contributed by atoms with E-state index in [1.807, 2.05) is 26.0 Å². The van der Waals surface area contributed by atoms with Gasteiger partial charge in [0.15, 0.2) is 0 Å². The number of fused-ring (bicyclic) bond motifs is 1. The Hall–Kier alpha value is -3.04. The van der Waals surface area contributed by atoms with Crippen molar-refractivity contribution in [1.82, 2.24) is 0 Å². The highest BCUT2D eigenvalue weighted by atomic mass is 16.5. The molecule has 2 aromatic rings. The van der Waals surface area contributed by atoms with Crippen molar-refractivity contribution >= 4 is 0 Å². The molecule has 1 aliphatic heterocycles. The minimum absolute atomic E-state index is 0.313. The minimum atomic E-state index is -0.313. The molecule has 3 nitrogen and oxygen atoms in total. The third-order valence-corrected chi connectivity index (χ3v) is 5.79. The number of hydrogen-bond acceptors (Lipinski definition) is 3. The molecule has 2 aliphatic carbocycles. The molecule has 1 heterocycles. The second kappa shape index (κ2) is 7.66. The van der Waals surface area contributed by atoms with E-state index in [9.17, 15) is 0 Å². The lowest BCUT2D eigenvalue weighted by Crippen LogP contribution is -2.12. The third-order valence-electron chi connectivity index (χ3n) is 5.79. The van der Waals surface area contributed by atoms with Gasteiger partial charge in [-0.1, -0.05) is 60.7 Å². The molecule has 3 heteroatoms. The maximum Gasteiger partial charge on any atom is 0.146 e. The van der Waals surface area contributed by atoms with Crippen LogP contribution in [0.15, 0.2) is 77.2 Å². The van der Waals surface area contributed by atoms with Crippen LogP contribution >= 0.6 is 0 Å². The van der Waals surface area contributed by atoms with E-state index in [4.69, 9.17) is 13.9 Å². The Bertz CT molecular complexity index is 1110. The van der Waals surface area contributed by atoms with E-state index < -0.39 is 0 Å². The topological polar surface area (TPSA) is 31.6 Å². The van der Waals surface area contributed by atoms with Gasteiger partial charge in [-0.3, -0.25) is 0 Å². The molecule has 0 N–H and O–H groups in total. The van der Waals surface area contributed by atoms with Gasteiger partial charge in [0.2, 0.25) is 0 Å². The summed E-state index contributed by atoms with van der Waals surface area (Å²) in [6, 6.07) is 25.1. The van der Waals surface area contributed by atoms with E-state index >= 15 is 0 Å². The van der Waals surface area contributed by atoms with Gasteiger partial charge in [0.05, 0.1) is 12.2 Å². The molecule has 1 fully saturated rings. The Morgan fingerprint density at radius 3 is 2.00 bits per heavy atom. The summed E-state index contributed by atoms with van der Waals surface area (Å²) in [5, 5.41) is 0. The molecule has 0 bridgehead atoms. The summed E-state index contributed by atoms with van der Waals surface area (Å²) in [7, 11) is 0. The lowest BCUT2D eigenvalue weighted by atomic mass is 10.0. The number of rotatable bonds is 7. The smallest absolute Gasteiger partial charge is 0.146 e. The molecule has 0 spiro atoms. The Kier molecular flexibility index (Phi) is 4.84. The van der Waals surface area contributed by atoms with Crippen LogP contribution in [0.5, 0.6) is 5.75 Å². The van der Waals surface area contributed by atoms with Crippen LogP contribution in [0, 0.1) is 0 Å². The molecule has 0 saturated heterocycles. The van der Waals surface area contributed by atoms with E-state index in [1.165, 1.54) is 0 Å². The van der Waals surface area contributed by atoms with Crippen LogP contribution in [-0.2, 0) is 10.3 Å². The normalized spacial score (nSPS) is 14.7. The molecule has 0 radical (unpaired) electrons. The van der Waals surface area contributed by atoms with Gasteiger partial charge in [0, 0.05) is 18.2 Å². The molecule has 3 aliphatic rings. The fourth-order valence-corrected chi connectivity index (χ4v) is 4.24. The van der Waals surface area contributed by atoms with Crippen LogP contribution < -0.4 is 4.74 Å². The van der Waals surface area contributed by atoms with Crippen molar-refractivity contribution < 1.29 is 13.9 Å². The summed E-state index contributed by atoms with van der Waals surface area (Å²) < 4.78 is 18.9. The summed E-state index contributed by atoms with van der Waals surface area (Å²) in [5.41, 5.74) is 5.21. The van der Waals surface area contributed by atoms with Crippen molar-refractivity contribution in [2.24, 2.45) is 0 Å². The highest BCUT2D eigenvalue weighted by molar-refractivity contribution is 5.98.